The maximum absolute atomic E-state index is 12.7. The Morgan fingerprint density at radius 1 is 1.13 bits per heavy atom. The first-order valence-corrected chi connectivity index (χ1v) is 13.5. The van der Waals surface area contributed by atoms with Gasteiger partial charge < -0.3 is 15.1 Å². The fraction of sp³-hybridized carbons (Fsp3) is 0.667. The molecule has 0 aliphatic carbocycles. The lowest BCUT2D eigenvalue weighted by molar-refractivity contribution is -0.122. The molecule has 1 aromatic rings. The molecule has 0 aromatic heterocycles. The molecule has 9 heteroatoms. The molecule has 1 amide bonds. The van der Waals surface area contributed by atoms with Crippen molar-refractivity contribution in [3.8, 4) is 0 Å². The van der Waals surface area contributed by atoms with Gasteiger partial charge in [0.2, 0.25) is 15.9 Å². The zero-order valence-electron chi connectivity index (χ0n) is 18.4. The number of nitrogens with one attached hydrogen (secondary N) is 2. The predicted octanol–water partition coefficient (Wildman–Crippen LogP) is 1.54. The van der Waals surface area contributed by atoms with Crippen LogP contribution in [0.15, 0.2) is 29.2 Å². The third-order valence-electron chi connectivity index (χ3n) is 5.42. The molecule has 1 atom stereocenters. The largest absolute Gasteiger partial charge is 0.355 e. The topological polar surface area (TPSA) is 81.8 Å². The highest BCUT2D eigenvalue weighted by molar-refractivity contribution is 7.98. The van der Waals surface area contributed by atoms with Crippen LogP contribution in [0, 0.1) is 6.92 Å². The second-order valence-corrected chi connectivity index (χ2v) is 10.4. The zero-order valence-corrected chi connectivity index (χ0v) is 20.0. The summed E-state index contributed by atoms with van der Waals surface area (Å²) in [5.41, 5.74) is 0.988. The van der Waals surface area contributed by atoms with Crippen LogP contribution in [-0.4, -0.2) is 88.0 Å². The molecule has 2 rings (SSSR count). The lowest BCUT2D eigenvalue weighted by atomic mass is 10.2. The van der Waals surface area contributed by atoms with Crippen LogP contribution in [0.3, 0.4) is 0 Å². The Kier molecular flexibility index (Phi) is 10.6. The van der Waals surface area contributed by atoms with E-state index in [4.69, 9.17) is 0 Å². The Balaban J connectivity index is 1.83. The smallest absolute Gasteiger partial charge is 0.241 e. The summed E-state index contributed by atoms with van der Waals surface area (Å²) in [6, 6.07) is 5.88. The lowest BCUT2D eigenvalue weighted by Crippen LogP contribution is -2.48. The molecule has 0 saturated carbocycles. The Bertz CT molecular complexity index is 748. The summed E-state index contributed by atoms with van der Waals surface area (Å²) >= 11 is 1.59. The van der Waals surface area contributed by atoms with Crippen LogP contribution < -0.4 is 10.0 Å². The van der Waals surface area contributed by atoms with Gasteiger partial charge in [0.15, 0.2) is 0 Å². The van der Waals surface area contributed by atoms with Crippen molar-refractivity contribution >= 4 is 27.7 Å². The standard InChI is InChI=1S/C21H36N4O3S2/c1-4-24-13-15-25(16-14-24)12-5-11-22-21(26)20(10-17-29-3)23-30(27,28)19-8-6-18(2)7-9-19/h6-9,20,23H,4-5,10-17H2,1-3H3,(H,22,26). The molecule has 0 radical (unpaired) electrons. The van der Waals surface area contributed by atoms with Crippen LogP contribution in [0.25, 0.3) is 0 Å². The second kappa shape index (κ2) is 12.7. The van der Waals surface area contributed by atoms with E-state index in [0.29, 0.717) is 18.7 Å². The molecular weight excluding hydrogens is 420 g/mol. The number of aryl methyl sites for hydroxylation is 1. The van der Waals surface area contributed by atoms with Crippen molar-refractivity contribution in [2.24, 2.45) is 0 Å². The third kappa shape index (κ3) is 8.19. The number of piperazine rings is 1. The summed E-state index contributed by atoms with van der Waals surface area (Å²) < 4.78 is 28.0. The summed E-state index contributed by atoms with van der Waals surface area (Å²) in [5, 5.41) is 2.92. The number of benzene rings is 1. The third-order valence-corrected chi connectivity index (χ3v) is 7.55. The van der Waals surface area contributed by atoms with Crippen molar-refractivity contribution in [1.29, 1.82) is 0 Å². The highest BCUT2D eigenvalue weighted by Crippen LogP contribution is 2.12. The van der Waals surface area contributed by atoms with Crippen molar-refractivity contribution in [3.05, 3.63) is 29.8 Å². The molecule has 1 aliphatic rings. The number of likely N-dealkylation sites (N-methyl/N-ethyl adjacent to an activating group) is 1. The van der Waals surface area contributed by atoms with Crippen molar-refractivity contribution < 1.29 is 13.2 Å². The van der Waals surface area contributed by atoms with E-state index in [2.05, 4.69) is 26.8 Å². The van der Waals surface area contributed by atoms with Crippen LogP contribution in [0.1, 0.15) is 25.3 Å². The highest BCUT2D eigenvalue weighted by Gasteiger charge is 2.25. The Morgan fingerprint density at radius 3 is 2.37 bits per heavy atom. The minimum absolute atomic E-state index is 0.182. The minimum atomic E-state index is -3.74. The molecule has 2 N–H and O–H groups in total. The van der Waals surface area contributed by atoms with Crippen LogP contribution in [-0.2, 0) is 14.8 Å². The number of carbonyl (C=O) groups is 1. The number of carbonyl (C=O) groups excluding carboxylic acids is 1. The van der Waals surface area contributed by atoms with Crippen molar-refractivity contribution in [1.82, 2.24) is 19.8 Å². The monoisotopic (exact) mass is 456 g/mol. The summed E-state index contributed by atoms with van der Waals surface area (Å²) in [6.07, 6.45) is 3.26. The van der Waals surface area contributed by atoms with E-state index in [1.54, 1.807) is 36.0 Å². The Hall–Kier alpha value is -1.13. The molecule has 1 saturated heterocycles. The summed E-state index contributed by atoms with van der Waals surface area (Å²) in [5.74, 6) is 0.450. The van der Waals surface area contributed by atoms with E-state index in [1.165, 1.54) is 0 Å². The number of hydrogen-bond donors (Lipinski definition) is 2. The normalized spacial score (nSPS) is 17.0. The number of rotatable bonds is 12. The van der Waals surface area contributed by atoms with E-state index in [-0.39, 0.29) is 10.8 Å². The molecule has 1 aliphatic heterocycles. The fourth-order valence-electron chi connectivity index (χ4n) is 3.42. The highest BCUT2D eigenvalue weighted by atomic mass is 32.2. The first-order chi connectivity index (χ1) is 14.4. The van der Waals surface area contributed by atoms with Gasteiger partial charge in [0.25, 0.3) is 0 Å². The molecule has 1 aromatic carbocycles. The van der Waals surface area contributed by atoms with E-state index in [9.17, 15) is 13.2 Å². The van der Waals surface area contributed by atoms with Gasteiger partial charge in [-0.25, -0.2) is 8.42 Å². The summed E-state index contributed by atoms with van der Waals surface area (Å²) in [7, 11) is -3.74. The van der Waals surface area contributed by atoms with E-state index < -0.39 is 16.1 Å². The van der Waals surface area contributed by atoms with E-state index in [1.807, 2.05) is 13.2 Å². The molecule has 0 spiro atoms. The first-order valence-electron chi connectivity index (χ1n) is 10.7. The molecule has 1 fully saturated rings. The van der Waals surface area contributed by atoms with Gasteiger partial charge in [-0.1, -0.05) is 24.6 Å². The maximum atomic E-state index is 12.7. The van der Waals surface area contributed by atoms with Crippen molar-refractivity contribution in [2.75, 3.05) is 57.8 Å². The van der Waals surface area contributed by atoms with E-state index in [0.717, 1.165) is 51.3 Å². The predicted molar refractivity (Wildman–Crippen MR) is 124 cm³/mol. The SMILES string of the molecule is CCN1CCN(CCCNC(=O)C(CCSC)NS(=O)(=O)c2ccc(C)cc2)CC1. The number of amides is 1. The minimum Gasteiger partial charge on any atom is -0.355 e. The number of hydrogen-bond acceptors (Lipinski definition) is 6. The van der Waals surface area contributed by atoms with Gasteiger partial charge in [0, 0.05) is 32.7 Å². The lowest BCUT2D eigenvalue weighted by Gasteiger charge is -2.34. The van der Waals surface area contributed by atoms with Crippen LogP contribution in [0.4, 0.5) is 0 Å². The average Bonchev–Trinajstić information content (AvgIpc) is 2.74. The number of sulfonamides is 1. The van der Waals surface area contributed by atoms with Gasteiger partial charge in [-0.05, 0) is 57.0 Å². The first kappa shape index (κ1) is 25.1. The summed E-state index contributed by atoms with van der Waals surface area (Å²) in [4.78, 5) is 17.7. The van der Waals surface area contributed by atoms with Crippen LogP contribution >= 0.6 is 11.8 Å². The molecule has 1 heterocycles. The molecule has 170 valence electrons. The Labute approximate surface area is 186 Å². The van der Waals surface area contributed by atoms with Crippen molar-refractivity contribution in [2.45, 2.75) is 37.6 Å². The molecule has 7 nitrogen and oxygen atoms in total. The second-order valence-electron chi connectivity index (χ2n) is 7.69. The fourth-order valence-corrected chi connectivity index (χ4v) is 5.12. The van der Waals surface area contributed by atoms with Crippen molar-refractivity contribution in [3.63, 3.8) is 0 Å². The molecule has 0 bridgehead atoms. The van der Waals surface area contributed by atoms with Gasteiger partial charge in [-0.3, -0.25) is 4.79 Å². The number of nitrogens with zero attached hydrogens (tertiary/aromatic N) is 2. The van der Waals surface area contributed by atoms with Gasteiger partial charge in [-0.2, -0.15) is 16.5 Å². The van der Waals surface area contributed by atoms with Gasteiger partial charge in [0.05, 0.1) is 4.90 Å². The number of thioether (sulfide) groups is 1. The molecule has 1 unspecified atom stereocenters. The summed E-state index contributed by atoms with van der Waals surface area (Å²) in [6.45, 7) is 11.0. The molecule has 30 heavy (non-hydrogen) atoms. The van der Waals surface area contributed by atoms with Crippen LogP contribution in [0.5, 0.6) is 0 Å². The van der Waals surface area contributed by atoms with Crippen LogP contribution in [0.2, 0.25) is 0 Å². The average molecular weight is 457 g/mol. The van der Waals surface area contributed by atoms with Gasteiger partial charge >= 0.3 is 0 Å². The van der Waals surface area contributed by atoms with Gasteiger partial charge in [0.1, 0.15) is 6.04 Å². The Morgan fingerprint density at radius 2 is 1.77 bits per heavy atom. The zero-order chi connectivity index (χ0) is 22.0. The van der Waals surface area contributed by atoms with Gasteiger partial charge in [-0.15, -0.1) is 0 Å². The molecular formula is C21H36N4O3S2. The maximum Gasteiger partial charge on any atom is 0.241 e. The van der Waals surface area contributed by atoms with E-state index >= 15 is 0 Å². The quantitative estimate of drug-likeness (QED) is 0.465.